The minimum absolute atomic E-state index is 0.0862. The average molecular weight is 358 g/mol. The number of carbonyl (C=O) groups is 1. The number of hydrogen-bond donors (Lipinski definition) is 2. The number of anilines is 1. The van der Waals surface area contributed by atoms with Crippen molar-refractivity contribution < 1.29 is 19.0 Å². The summed E-state index contributed by atoms with van der Waals surface area (Å²) < 4.78 is 16.0. The van der Waals surface area contributed by atoms with Gasteiger partial charge >= 0.3 is 0 Å². The Morgan fingerprint density at radius 2 is 1.85 bits per heavy atom. The summed E-state index contributed by atoms with van der Waals surface area (Å²) in [5.41, 5.74) is 7.64. The maximum absolute atomic E-state index is 12.0. The molecule has 0 saturated heterocycles. The van der Waals surface area contributed by atoms with E-state index in [4.69, 9.17) is 19.9 Å². The molecule has 0 radical (unpaired) electrons. The molecule has 1 heterocycles. The zero-order valence-electron chi connectivity index (χ0n) is 15.0. The third-order valence-corrected chi connectivity index (χ3v) is 4.13. The van der Waals surface area contributed by atoms with Gasteiger partial charge in [0.1, 0.15) is 5.82 Å². The van der Waals surface area contributed by atoms with Crippen LogP contribution in [0.2, 0.25) is 0 Å². The number of amides is 1. The molecule has 0 aliphatic heterocycles. The molecular weight excluding hydrogens is 336 g/mol. The molecule has 8 heteroatoms. The van der Waals surface area contributed by atoms with E-state index in [9.17, 15) is 4.79 Å². The zero-order valence-corrected chi connectivity index (χ0v) is 15.0. The van der Waals surface area contributed by atoms with Gasteiger partial charge in [0, 0.05) is 24.2 Å². The molecule has 2 aromatic rings. The van der Waals surface area contributed by atoms with Gasteiger partial charge in [0.2, 0.25) is 11.6 Å². The van der Waals surface area contributed by atoms with Crippen molar-refractivity contribution in [2.45, 2.75) is 25.3 Å². The summed E-state index contributed by atoms with van der Waals surface area (Å²) in [5, 5.41) is 2.84. The fourth-order valence-corrected chi connectivity index (χ4v) is 2.60. The van der Waals surface area contributed by atoms with E-state index in [0.29, 0.717) is 29.2 Å². The number of methoxy groups -OCH3 is 3. The van der Waals surface area contributed by atoms with E-state index >= 15 is 0 Å². The van der Waals surface area contributed by atoms with Gasteiger partial charge < -0.3 is 25.3 Å². The van der Waals surface area contributed by atoms with Crippen LogP contribution in [0.15, 0.2) is 18.3 Å². The molecular formula is C18H22N4O4. The van der Waals surface area contributed by atoms with Crippen LogP contribution in [0, 0.1) is 0 Å². The lowest BCUT2D eigenvalue weighted by Gasteiger charge is -2.14. The highest BCUT2D eigenvalue weighted by Gasteiger charge is 2.25. The van der Waals surface area contributed by atoms with Crippen LogP contribution >= 0.6 is 0 Å². The van der Waals surface area contributed by atoms with E-state index in [2.05, 4.69) is 15.3 Å². The predicted molar refractivity (Wildman–Crippen MR) is 95.8 cm³/mol. The Morgan fingerprint density at radius 3 is 2.35 bits per heavy atom. The van der Waals surface area contributed by atoms with Crippen LogP contribution in [0.1, 0.15) is 34.6 Å². The zero-order chi connectivity index (χ0) is 18.7. The molecule has 0 spiro atoms. The lowest BCUT2D eigenvalue weighted by molar-refractivity contribution is 0.0940. The van der Waals surface area contributed by atoms with E-state index in [1.165, 1.54) is 0 Å². The number of rotatable bonds is 7. The molecule has 1 aliphatic rings. The Hall–Kier alpha value is -3.03. The first-order chi connectivity index (χ1) is 12.5. The number of benzene rings is 1. The minimum atomic E-state index is -0.293. The van der Waals surface area contributed by atoms with Gasteiger partial charge in [0.05, 0.1) is 21.3 Å². The third kappa shape index (κ3) is 3.79. The second-order valence-electron chi connectivity index (χ2n) is 6.06. The van der Waals surface area contributed by atoms with Crippen LogP contribution in [0.3, 0.4) is 0 Å². The molecule has 1 fully saturated rings. The fourth-order valence-electron chi connectivity index (χ4n) is 2.60. The largest absolute Gasteiger partial charge is 0.493 e. The number of nitrogens with zero attached hydrogens (tertiary/aromatic N) is 2. The number of nitrogens with one attached hydrogen (secondary N) is 1. The highest BCUT2D eigenvalue weighted by molar-refractivity contribution is 5.91. The van der Waals surface area contributed by atoms with Crippen LogP contribution in [0.5, 0.6) is 17.2 Å². The van der Waals surface area contributed by atoms with Gasteiger partial charge in [0.25, 0.3) is 5.91 Å². The Morgan fingerprint density at radius 1 is 1.19 bits per heavy atom. The first-order valence-corrected chi connectivity index (χ1v) is 8.26. The average Bonchev–Trinajstić information content (AvgIpc) is 3.46. The summed E-state index contributed by atoms with van der Waals surface area (Å²) in [6.07, 6.45) is 4.04. The van der Waals surface area contributed by atoms with E-state index in [1.54, 1.807) is 27.5 Å². The lowest BCUT2D eigenvalue weighted by atomic mass is 10.1. The summed E-state index contributed by atoms with van der Waals surface area (Å²) in [6.45, 7) is 0. The number of hydrogen-bond acceptors (Lipinski definition) is 7. The maximum atomic E-state index is 12.0. The SMILES string of the molecule is COc1cc(Cc2cnc(C(=O)NC3CC3)nc2N)cc(OC)c1OC. The number of nitrogens with two attached hydrogens (primary N) is 1. The molecule has 1 amide bonds. The standard InChI is InChI=1S/C18H22N4O4/c1-24-13-7-10(8-14(25-2)15(13)26-3)6-11-9-20-17(22-16(11)19)18(23)21-12-4-5-12/h7-9,12H,4-6H2,1-3H3,(H,21,23)(H2,19,20,22). The smallest absolute Gasteiger partial charge is 0.289 e. The highest BCUT2D eigenvalue weighted by Crippen LogP contribution is 2.38. The van der Waals surface area contributed by atoms with Gasteiger partial charge in [-0.15, -0.1) is 0 Å². The van der Waals surface area contributed by atoms with E-state index < -0.39 is 0 Å². The quantitative estimate of drug-likeness (QED) is 0.773. The molecule has 138 valence electrons. The highest BCUT2D eigenvalue weighted by atomic mass is 16.5. The summed E-state index contributed by atoms with van der Waals surface area (Å²) in [6, 6.07) is 3.93. The Bertz CT molecular complexity index is 796. The van der Waals surface area contributed by atoms with Crippen molar-refractivity contribution in [3.63, 3.8) is 0 Å². The second kappa shape index (κ2) is 7.47. The normalized spacial score (nSPS) is 13.2. The molecule has 1 aromatic heterocycles. The van der Waals surface area contributed by atoms with Crippen molar-refractivity contribution in [2.75, 3.05) is 27.1 Å². The number of ether oxygens (including phenoxy) is 3. The van der Waals surface area contributed by atoms with E-state index in [1.807, 2.05) is 12.1 Å². The molecule has 8 nitrogen and oxygen atoms in total. The Balaban J connectivity index is 1.83. The number of carbonyl (C=O) groups excluding carboxylic acids is 1. The van der Waals surface area contributed by atoms with E-state index in [-0.39, 0.29) is 23.6 Å². The maximum Gasteiger partial charge on any atom is 0.289 e. The van der Waals surface area contributed by atoms with Crippen molar-refractivity contribution in [3.8, 4) is 17.2 Å². The van der Waals surface area contributed by atoms with Crippen molar-refractivity contribution >= 4 is 11.7 Å². The van der Waals surface area contributed by atoms with E-state index in [0.717, 1.165) is 18.4 Å². The summed E-state index contributed by atoms with van der Waals surface area (Å²) in [7, 11) is 4.68. The number of aromatic nitrogens is 2. The number of nitrogen functional groups attached to an aromatic ring is 1. The van der Waals surface area contributed by atoms with Gasteiger partial charge in [-0.1, -0.05) is 0 Å². The minimum Gasteiger partial charge on any atom is -0.493 e. The van der Waals surface area contributed by atoms with Crippen LogP contribution in [0.4, 0.5) is 5.82 Å². The third-order valence-electron chi connectivity index (χ3n) is 4.13. The molecule has 3 N–H and O–H groups in total. The second-order valence-corrected chi connectivity index (χ2v) is 6.06. The Kier molecular flexibility index (Phi) is 5.11. The first kappa shape index (κ1) is 17.8. The lowest BCUT2D eigenvalue weighted by Crippen LogP contribution is -2.27. The molecule has 0 unspecified atom stereocenters. The van der Waals surface area contributed by atoms with Gasteiger partial charge in [0.15, 0.2) is 11.5 Å². The molecule has 1 saturated carbocycles. The molecule has 3 rings (SSSR count). The molecule has 1 aromatic carbocycles. The van der Waals surface area contributed by atoms with Crippen molar-refractivity contribution in [2.24, 2.45) is 0 Å². The predicted octanol–water partition coefficient (Wildman–Crippen LogP) is 1.57. The Labute approximate surface area is 151 Å². The summed E-state index contributed by atoms with van der Waals surface area (Å²) in [5.74, 6) is 1.70. The molecule has 0 bridgehead atoms. The van der Waals surface area contributed by atoms with Crippen LogP contribution < -0.4 is 25.3 Å². The van der Waals surface area contributed by atoms with Crippen molar-refractivity contribution in [1.29, 1.82) is 0 Å². The van der Waals surface area contributed by atoms with Gasteiger partial charge in [-0.3, -0.25) is 4.79 Å². The molecule has 0 atom stereocenters. The topological polar surface area (TPSA) is 109 Å². The van der Waals surface area contributed by atoms with Crippen LogP contribution in [0.25, 0.3) is 0 Å². The van der Waals surface area contributed by atoms with Gasteiger partial charge in [-0.25, -0.2) is 9.97 Å². The molecule has 1 aliphatic carbocycles. The summed E-state index contributed by atoms with van der Waals surface area (Å²) in [4.78, 5) is 20.3. The van der Waals surface area contributed by atoms with Crippen molar-refractivity contribution in [1.82, 2.24) is 15.3 Å². The van der Waals surface area contributed by atoms with Gasteiger partial charge in [-0.2, -0.15) is 0 Å². The molecule has 26 heavy (non-hydrogen) atoms. The first-order valence-electron chi connectivity index (χ1n) is 8.26. The van der Waals surface area contributed by atoms with Crippen molar-refractivity contribution in [3.05, 3.63) is 35.3 Å². The summed E-state index contributed by atoms with van der Waals surface area (Å²) >= 11 is 0. The fraction of sp³-hybridized carbons (Fsp3) is 0.389. The van der Waals surface area contributed by atoms with Crippen LogP contribution in [-0.2, 0) is 6.42 Å². The monoisotopic (exact) mass is 358 g/mol. The van der Waals surface area contributed by atoms with Crippen LogP contribution in [-0.4, -0.2) is 43.2 Å². The van der Waals surface area contributed by atoms with Gasteiger partial charge in [-0.05, 0) is 30.5 Å².